The lowest BCUT2D eigenvalue weighted by atomic mass is 10.2. The third-order valence-electron chi connectivity index (χ3n) is 3.79. The molecule has 1 aromatic rings. The molecule has 0 aromatic heterocycles. The van der Waals surface area contributed by atoms with Crippen molar-refractivity contribution in [2.75, 3.05) is 37.8 Å². The van der Waals surface area contributed by atoms with Crippen molar-refractivity contribution < 1.29 is 8.42 Å². The minimum absolute atomic E-state index is 0.247. The largest absolute Gasteiger partial charge is 0.397 e. The smallest absolute Gasteiger partial charge is 0.242 e. The van der Waals surface area contributed by atoms with Crippen molar-refractivity contribution in [2.24, 2.45) is 5.92 Å². The highest BCUT2D eigenvalue weighted by Gasteiger charge is 2.25. The highest BCUT2D eigenvalue weighted by molar-refractivity contribution is 7.89. The summed E-state index contributed by atoms with van der Waals surface area (Å²) in [5, 5.41) is 0. The van der Waals surface area contributed by atoms with Crippen LogP contribution in [0.5, 0.6) is 0 Å². The Balaban J connectivity index is 2.28. The van der Waals surface area contributed by atoms with Crippen molar-refractivity contribution in [1.29, 1.82) is 0 Å². The van der Waals surface area contributed by atoms with E-state index in [4.69, 9.17) is 5.73 Å². The quantitative estimate of drug-likeness (QED) is 0.784. The zero-order valence-electron chi connectivity index (χ0n) is 13.0. The summed E-state index contributed by atoms with van der Waals surface area (Å²) in [5.41, 5.74) is 7.60. The van der Waals surface area contributed by atoms with Crippen LogP contribution in [-0.4, -0.2) is 39.9 Å². The summed E-state index contributed by atoms with van der Waals surface area (Å²) in [5.74, 6) is 0.765. The Morgan fingerprint density at radius 2 is 1.95 bits per heavy atom. The van der Waals surface area contributed by atoms with Gasteiger partial charge in [0.05, 0.1) is 16.3 Å². The molecular formula is C15H25N3O2S. The maximum absolute atomic E-state index is 12.1. The van der Waals surface area contributed by atoms with Gasteiger partial charge >= 0.3 is 0 Å². The van der Waals surface area contributed by atoms with E-state index in [-0.39, 0.29) is 4.90 Å². The molecule has 1 aliphatic carbocycles. The number of rotatable bonds is 7. The van der Waals surface area contributed by atoms with Gasteiger partial charge in [-0.1, -0.05) is 6.92 Å². The van der Waals surface area contributed by atoms with E-state index in [0.29, 0.717) is 5.69 Å². The van der Waals surface area contributed by atoms with E-state index in [2.05, 4.69) is 11.8 Å². The van der Waals surface area contributed by atoms with Gasteiger partial charge < -0.3 is 10.6 Å². The van der Waals surface area contributed by atoms with Gasteiger partial charge in [0.2, 0.25) is 10.0 Å². The fraction of sp³-hybridized carbons (Fsp3) is 0.600. The number of nitrogens with two attached hydrogens (primary N) is 1. The highest BCUT2D eigenvalue weighted by Crippen LogP contribution is 2.34. The van der Waals surface area contributed by atoms with E-state index in [0.717, 1.165) is 31.1 Å². The summed E-state index contributed by atoms with van der Waals surface area (Å²) < 4.78 is 25.5. The summed E-state index contributed by atoms with van der Waals surface area (Å²) in [6.07, 6.45) is 3.62. The van der Waals surface area contributed by atoms with E-state index >= 15 is 0 Å². The SMILES string of the molecule is CCCN(CC1CC1)c1ccc(S(=O)(=O)N(C)C)cc1N. The van der Waals surface area contributed by atoms with Crippen molar-refractivity contribution in [2.45, 2.75) is 31.1 Å². The molecule has 0 unspecified atom stereocenters. The number of sulfonamides is 1. The Morgan fingerprint density at radius 1 is 1.29 bits per heavy atom. The molecular weight excluding hydrogens is 286 g/mol. The molecule has 0 amide bonds. The lowest BCUT2D eigenvalue weighted by Crippen LogP contribution is -2.28. The molecule has 21 heavy (non-hydrogen) atoms. The van der Waals surface area contributed by atoms with Gasteiger partial charge in [-0.15, -0.1) is 0 Å². The first-order chi connectivity index (χ1) is 9.86. The summed E-state index contributed by atoms with van der Waals surface area (Å²) in [7, 11) is -0.383. The number of nitrogen functional groups attached to an aromatic ring is 1. The first kappa shape index (κ1) is 16.1. The van der Waals surface area contributed by atoms with E-state index in [1.54, 1.807) is 12.1 Å². The second-order valence-electron chi connectivity index (χ2n) is 5.90. The molecule has 0 bridgehead atoms. The number of hydrogen-bond donors (Lipinski definition) is 1. The molecule has 0 saturated heterocycles. The van der Waals surface area contributed by atoms with Gasteiger partial charge in [-0.25, -0.2) is 12.7 Å². The molecule has 0 atom stereocenters. The highest BCUT2D eigenvalue weighted by atomic mass is 32.2. The van der Waals surface area contributed by atoms with E-state index in [9.17, 15) is 8.42 Å². The van der Waals surface area contributed by atoms with Crippen LogP contribution in [0.1, 0.15) is 26.2 Å². The molecule has 2 rings (SSSR count). The van der Waals surface area contributed by atoms with Gasteiger partial charge in [0, 0.05) is 27.2 Å². The zero-order valence-corrected chi connectivity index (χ0v) is 13.9. The van der Waals surface area contributed by atoms with Crippen molar-refractivity contribution in [3.63, 3.8) is 0 Å². The van der Waals surface area contributed by atoms with E-state index < -0.39 is 10.0 Å². The molecule has 2 N–H and O–H groups in total. The average Bonchev–Trinajstić information content (AvgIpc) is 3.22. The molecule has 0 radical (unpaired) electrons. The summed E-state index contributed by atoms with van der Waals surface area (Å²) in [6.45, 7) is 4.10. The first-order valence-electron chi connectivity index (χ1n) is 7.43. The number of benzene rings is 1. The van der Waals surface area contributed by atoms with E-state index in [1.807, 2.05) is 6.07 Å². The Hall–Kier alpha value is -1.27. The standard InChI is InChI=1S/C15H25N3O2S/c1-4-9-18(11-12-5-6-12)15-8-7-13(10-14(15)16)21(19,20)17(2)3/h7-8,10,12H,4-6,9,11,16H2,1-3H3. The normalized spacial score (nSPS) is 15.4. The third kappa shape index (κ3) is 3.68. The topological polar surface area (TPSA) is 66.6 Å². The maximum atomic E-state index is 12.1. The van der Waals surface area contributed by atoms with Gasteiger partial charge in [-0.05, 0) is 43.4 Å². The van der Waals surface area contributed by atoms with Crippen molar-refractivity contribution in [3.05, 3.63) is 18.2 Å². The van der Waals surface area contributed by atoms with Crippen LogP contribution in [0, 0.1) is 5.92 Å². The zero-order chi connectivity index (χ0) is 15.6. The summed E-state index contributed by atoms with van der Waals surface area (Å²) >= 11 is 0. The monoisotopic (exact) mass is 311 g/mol. The number of nitrogens with zero attached hydrogens (tertiary/aromatic N) is 2. The first-order valence-corrected chi connectivity index (χ1v) is 8.87. The average molecular weight is 311 g/mol. The second kappa shape index (κ2) is 6.23. The van der Waals surface area contributed by atoms with Crippen LogP contribution in [0.25, 0.3) is 0 Å². The minimum Gasteiger partial charge on any atom is -0.397 e. The van der Waals surface area contributed by atoms with Crippen LogP contribution in [0.4, 0.5) is 11.4 Å². The Kier molecular flexibility index (Phi) is 4.78. The van der Waals surface area contributed by atoms with Gasteiger partial charge in [-0.3, -0.25) is 0 Å². The fourth-order valence-corrected chi connectivity index (χ4v) is 3.32. The van der Waals surface area contributed by atoms with Crippen LogP contribution in [0.15, 0.2) is 23.1 Å². The van der Waals surface area contributed by atoms with Gasteiger partial charge in [0.25, 0.3) is 0 Å². The van der Waals surface area contributed by atoms with Crippen LogP contribution in [0.3, 0.4) is 0 Å². The van der Waals surface area contributed by atoms with Gasteiger partial charge in [0.15, 0.2) is 0 Å². The maximum Gasteiger partial charge on any atom is 0.242 e. The molecule has 5 nitrogen and oxygen atoms in total. The molecule has 1 aliphatic rings. The van der Waals surface area contributed by atoms with Crippen molar-refractivity contribution >= 4 is 21.4 Å². The molecule has 0 heterocycles. The van der Waals surface area contributed by atoms with Gasteiger partial charge in [-0.2, -0.15) is 0 Å². The van der Waals surface area contributed by atoms with Gasteiger partial charge in [0.1, 0.15) is 0 Å². The molecule has 0 aliphatic heterocycles. The van der Waals surface area contributed by atoms with Crippen LogP contribution in [0.2, 0.25) is 0 Å². The molecule has 0 spiro atoms. The molecule has 118 valence electrons. The number of hydrogen-bond acceptors (Lipinski definition) is 4. The Bertz CT molecular complexity index is 595. The molecule has 1 aromatic carbocycles. The predicted molar refractivity (Wildman–Crippen MR) is 87.0 cm³/mol. The van der Waals surface area contributed by atoms with Crippen molar-refractivity contribution in [3.8, 4) is 0 Å². The fourth-order valence-electron chi connectivity index (χ4n) is 2.38. The molecule has 6 heteroatoms. The second-order valence-corrected chi connectivity index (χ2v) is 8.05. The van der Waals surface area contributed by atoms with Crippen molar-refractivity contribution in [1.82, 2.24) is 4.31 Å². The van der Waals surface area contributed by atoms with Crippen LogP contribution in [-0.2, 0) is 10.0 Å². The Morgan fingerprint density at radius 3 is 2.43 bits per heavy atom. The van der Waals surface area contributed by atoms with Crippen LogP contribution >= 0.6 is 0 Å². The summed E-state index contributed by atoms with van der Waals surface area (Å²) in [6, 6.07) is 5.06. The lowest BCUT2D eigenvalue weighted by Gasteiger charge is -2.26. The summed E-state index contributed by atoms with van der Waals surface area (Å²) in [4.78, 5) is 2.52. The molecule has 1 saturated carbocycles. The predicted octanol–water partition coefficient (Wildman–Crippen LogP) is 2.15. The number of anilines is 2. The Labute approximate surface area is 127 Å². The lowest BCUT2D eigenvalue weighted by molar-refractivity contribution is 0.521. The van der Waals surface area contributed by atoms with E-state index in [1.165, 1.54) is 31.2 Å². The third-order valence-corrected chi connectivity index (χ3v) is 5.60. The molecule has 1 fully saturated rings. The van der Waals surface area contributed by atoms with Crippen LogP contribution < -0.4 is 10.6 Å². The minimum atomic E-state index is -3.43.